The van der Waals surface area contributed by atoms with Crippen LogP contribution in [0.1, 0.15) is 36.8 Å². The van der Waals surface area contributed by atoms with E-state index < -0.39 is 4.92 Å². The third-order valence-electron chi connectivity index (χ3n) is 5.07. The lowest BCUT2D eigenvalue weighted by atomic mass is 10.0. The Labute approximate surface area is 173 Å². The smallest absolute Gasteiger partial charge is 0.269 e. The molecular formula is C22H20N4O4. The second kappa shape index (κ2) is 8.69. The molecule has 2 aromatic carbocycles. The van der Waals surface area contributed by atoms with Crippen molar-refractivity contribution in [2.75, 3.05) is 6.54 Å². The van der Waals surface area contributed by atoms with Gasteiger partial charge in [-0.1, -0.05) is 35.5 Å². The first kappa shape index (κ1) is 19.5. The summed E-state index contributed by atoms with van der Waals surface area (Å²) in [5, 5.41) is 14.8. The minimum atomic E-state index is -0.453. The first-order chi connectivity index (χ1) is 14.6. The Bertz CT molecular complexity index is 1060. The number of nitrogens with zero attached hydrogens (tertiary/aromatic N) is 4. The van der Waals surface area contributed by atoms with Crippen molar-refractivity contribution >= 4 is 17.7 Å². The van der Waals surface area contributed by atoms with Crippen LogP contribution in [0.15, 0.2) is 65.2 Å². The van der Waals surface area contributed by atoms with Crippen LogP contribution in [0.3, 0.4) is 0 Å². The zero-order valence-corrected chi connectivity index (χ0v) is 16.2. The van der Waals surface area contributed by atoms with Crippen molar-refractivity contribution in [1.82, 2.24) is 15.0 Å². The molecule has 1 fully saturated rings. The molecule has 0 unspecified atom stereocenters. The third-order valence-corrected chi connectivity index (χ3v) is 5.07. The molecule has 0 N–H and O–H groups in total. The van der Waals surface area contributed by atoms with Gasteiger partial charge in [-0.15, -0.1) is 0 Å². The molecule has 1 amide bonds. The summed E-state index contributed by atoms with van der Waals surface area (Å²) in [6, 6.07) is 15.3. The molecule has 0 saturated carbocycles. The lowest BCUT2D eigenvalue weighted by molar-refractivity contribution is -0.384. The van der Waals surface area contributed by atoms with E-state index in [2.05, 4.69) is 10.1 Å². The van der Waals surface area contributed by atoms with E-state index in [9.17, 15) is 14.9 Å². The fraction of sp³-hybridized carbons (Fsp3) is 0.227. The highest BCUT2D eigenvalue weighted by Gasteiger charge is 2.31. The zero-order chi connectivity index (χ0) is 20.9. The summed E-state index contributed by atoms with van der Waals surface area (Å²) in [7, 11) is 0. The summed E-state index contributed by atoms with van der Waals surface area (Å²) in [6.07, 6.45) is 5.78. The molecular weight excluding hydrogens is 384 g/mol. The normalized spacial score (nSPS) is 16.7. The van der Waals surface area contributed by atoms with E-state index in [1.165, 1.54) is 18.2 Å². The Hall–Kier alpha value is -3.81. The average molecular weight is 404 g/mol. The predicted molar refractivity (Wildman–Crippen MR) is 110 cm³/mol. The number of nitro benzene ring substituents is 1. The predicted octanol–water partition coefficient (Wildman–Crippen LogP) is 4.41. The van der Waals surface area contributed by atoms with Gasteiger partial charge in [0.2, 0.25) is 17.6 Å². The van der Waals surface area contributed by atoms with Gasteiger partial charge >= 0.3 is 0 Å². The zero-order valence-electron chi connectivity index (χ0n) is 16.2. The summed E-state index contributed by atoms with van der Waals surface area (Å²) in [4.78, 5) is 29.4. The quantitative estimate of drug-likeness (QED) is 0.354. The monoisotopic (exact) mass is 404 g/mol. The maximum Gasteiger partial charge on any atom is 0.269 e. The van der Waals surface area contributed by atoms with E-state index in [1.807, 2.05) is 30.3 Å². The van der Waals surface area contributed by atoms with Gasteiger partial charge in [0.15, 0.2) is 0 Å². The molecule has 3 aromatic rings. The first-order valence-electron chi connectivity index (χ1n) is 9.74. The Morgan fingerprint density at radius 3 is 2.63 bits per heavy atom. The molecule has 4 rings (SSSR count). The maximum atomic E-state index is 12.8. The van der Waals surface area contributed by atoms with Gasteiger partial charge in [-0.2, -0.15) is 4.98 Å². The highest BCUT2D eigenvalue weighted by molar-refractivity contribution is 5.92. The van der Waals surface area contributed by atoms with Crippen LogP contribution >= 0.6 is 0 Å². The minimum Gasteiger partial charge on any atom is -0.337 e. The van der Waals surface area contributed by atoms with E-state index in [0.29, 0.717) is 23.8 Å². The summed E-state index contributed by atoms with van der Waals surface area (Å²) < 4.78 is 5.49. The minimum absolute atomic E-state index is 0.0141. The van der Waals surface area contributed by atoms with Crippen LogP contribution in [0.4, 0.5) is 5.69 Å². The molecule has 2 heterocycles. The van der Waals surface area contributed by atoms with Crippen molar-refractivity contribution in [1.29, 1.82) is 0 Å². The van der Waals surface area contributed by atoms with Crippen LogP contribution in [-0.4, -0.2) is 32.4 Å². The number of rotatable bonds is 5. The average Bonchev–Trinajstić information content (AvgIpc) is 3.28. The van der Waals surface area contributed by atoms with Gasteiger partial charge in [-0.25, -0.2) is 0 Å². The summed E-state index contributed by atoms with van der Waals surface area (Å²) in [5.41, 5.74) is 1.59. The van der Waals surface area contributed by atoms with Crippen LogP contribution < -0.4 is 0 Å². The first-order valence-corrected chi connectivity index (χ1v) is 9.74. The number of amides is 1. The Morgan fingerprint density at radius 2 is 1.90 bits per heavy atom. The molecule has 152 valence electrons. The molecule has 0 bridgehead atoms. The van der Waals surface area contributed by atoms with Gasteiger partial charge in [-0.3, -0.25) is 14.9 Å². The van der Waals surface area contributed by atoms with Gasteiger partial charge in [0.1, 0.15) is 6.04 Å². The molecule has 0 spiro atoms. The molecule has 1 aromatic heterocycles. The van der Waals surface area contributed by atoms with Gasteiger partial charge in [0, 0.05) is 30.3 Å². The standard InChI is InChI=1S/C22H20N4O4/c27-20(14-11-16-9-12-18(13-10-16)26(28)29)25-15-5-4-8-19(25)22-23-21(24-30-22)17-6-2-1-3-7-17/h1-3,6-7,9-14,19H,4-5,8,15H2/b14-11+/t19-/m1/s1. The van der Waals surface area contributed by atoms with Crippen molar-refractivity contribution in [2.24, 2.45) is 0 Å². The summed E-state index contributed by atoms with van der Waals surface area (Å²) >= 11 is 0. The van der Waals surface area contributed by atoms with Crippen molar-refractivity contribution in [3.05, 3.63) is 82.2 Å². The Balaban J connectivity index is 1.50. The van der Waals surface area contributed by atoms with Gasteiger partial charge < -0.3 is 9.42 Å². The molecule has 8 nitrogen and oxygen atoms in total. The SMILES string of the molecule is O=C(/C=C/c1ccc([N+](=O)[O-])cc1)N1CCCC[C@@H]1c1nc(-c2ccccc2)no1. The van der Waals surface area contributed by atoms with Crippen LogP contribution in [0, 0.1) is 10.1 Å². The second-order valence-corrected chi connectivity index (χ2v) is 7.05. The van der Waals surface area contributed by atoms with Crippen molar-refractivity contribution in [2.45, 2.75) is 25.3 Å². The summed E-state index contributed by atoms with van der Waals surface area (Å²) in [6.45, 7) is 0.608. The van der Waals surface area contributed by atoms with Crippen LogP contribution in [-0.2, 0) is 4.79 Å². The number of benzene rings is 2. The van der Waals surface area contributed by atoms with E-state index >= 15 is 0 Å². The van der Waals surface area contributed by atoms with E-state index in [-0.39, 0.29) is 17.6 Å². The van der Waals surface area contributed by atoms with Gasteiger partial charge in [0.25, 0.3) is 5.69 Å². The van der Waals surface area contributed by atoms with Gasteiger partial charge in [0.05, 0.1) is 4.92 Å². The van der Waals surface area contributed by atoms with Gasteiger partial charge in [-0.05, 0) is 43.0 Å². The molecule has 8 heteroatoms. The molecule has 30 heavy (non-hydrogen) atoms. The highest BCUT2D eigenvalue weighted by Crippen LogP contribution is 2.31. The van der Waals surface area contributed by atoms with E-state index in [4.69, 9.17) is 4.52 Å². The number of hydrogen-bond donors (Lipinski definition) is 0. The number of piperidine rings is 1. The fourth-order valence-corrected chi connectivity index (χ4v) is 3.50. The number of aromatic nitrogens is 2. The van der Waals surface area contributed by atoms with E-state index in [1.54, 1.807) is 23.1 Å². The number of nitro groups is 1. The molecule has 1 saturated heterocycles. The highest BCUT2D eigenvalue weighted by atomic mass is 16.6. The maximum absolute atomic E-state index is 12.8. The lowest BCUT2D eigenvalue weighted by Crippen LogP contribution is -2.37. The number of non-ortho nitro benzene ring substituents is 1. The molecule has 0 radical (unpaired) electrons. The Kier molecular flexibility index (Phi) is 5.65. The molecule has 1 aliphatic rings. The summed E-state index contributed by atoms with van der Waals surface area (Å²) in [5.74, 6) is 0.785. The lowest BCUT2D eigenvalue weighted by Gasteiger charge is -2.32. The topological polar surface area (TPSA) is 102 Å². The molecule has 1 atom stereocenters. The van der Waals surface area contributed by atoms with Crippen LogP contribution in [0.25, 0.3) is 17.5 Å². The van der Waals surface area contributed by atoms with E-state index in [0.717, 1.165) is 24.8 Å². The van der Waals surface area contributed by atoms with Crippen LogP contribution in [0.2, 0.25) is 0 Å². The second-order valence-electron chi connectivity index (χ2n) is 7.05. The van der Waals surface area contributed by atoms with Crippen LogP contribution in [0.5, 0.6) is 0 Å². The number of hydrogen-bond acceptors (Lipinski definition) is 6. The molecule has 1 aliphatic heterocycles. The van der Waals surface area contributed by atoms with Crippen molar-refractivity contribution in [3.8, 4) is 11.4 Å². The number of carbonyl (C=O) groups is 1. The number of likely N-dealkylation sites (tertiary alicyclic amines) is 1. The number of carbonyl (C=O) groups excluding carboxylic acids is 1. The van der Waals surface area contributed by atoms with Crippen molar-refractivity contribution in [3.63, 3.8) is 0 Å². The Morgan fingerprint density at radius 1 is 1.13 bits per heavy atom. The third kappa shape index (κ3) is 4.27. The largest absolute Gasteiger partial charge is 0.337 e. The fourth-order valence-electron chi connectivity index (χ4n) is 3.50. The van der Waals surface area contributed by atoms with Crippen molar-refractivity contribution < 1.29 is 14.2 Å². The molecule has 0 aliphatic carbocycles.